The molecule has 0 spiro atoms. The zero-order chi connectivity index (χ0) is 29.8. The number of aromatic nitrogens is 1. The Balaban J connectivity index is 1.21. The van der Waals surface area contributed by atoms with Gasteiger partial charge in [-0.2, -0.15) is 0 Å². The molecule has 3 aromatic rings. The van der Waals surface area contributed by atoms with Gasteiger partial charge in [0.2, 0.25) is 0 Å². The van der Waals surface area contributed by atoms with Crippen LogP contribution in [0.5, 0.6) is 5.75 Å². The number of carbonyl (C=O) groups excluding carboxylic acids is 2. The Morgan fingerprint density at radius 2 is 1.88 bits per heavy atom. The number of benzene rings is 1. The lowest BCUT2D eigenvalue weighted by Crippen LogP contribution is -2.37. The highest BCUT2D eigenvalue weighted by atomic mass is 35.5. The fourth-order valence-corrected chi connectivity index (χ4v) is 6.46. The summed E-state index contributed by atoms with van der Waals surface area (Å²) in [5.74, 6) is -0.00520. The molecule has 12 heteroatoms. The number of halogens is 1. The average molecular weight is 615 g/mol. The molecular formula is C30H35ClN4O6S. The molecule has 1 atom stereocenters. The molecule has 1 aliphatic carbocycles. The van der Waals surface area contributed by atoms with Crippen molar-refractivity contribution in [1.29, 1.82) is 0 Å². The number of aryl methyl sites for hydroxylation is 2. The van der Waals surface area contributed by atoms with Crippen molar-refractivity contribution in [2.24, 2.45) is 0 Å². The van der Waals surface area contributed by atoms with E-state index in [1.807, 2.05) is 26.0 Å². The number of aliphatic hydroxyl groups is 1. The zero-order valence-corrected chi connectivity index (χ0v) is 25.2. The average Bonchev–Trinajstić information content (AvgIpc) is 3.57. The Hall–Kier alpha value is -3.38. The summed E-state index contributed by atoms with van der Waals surface area (Å²) >= 11 is 7.10. The van der Waals surface area contributed by atoms with Crippen LogP contribution in [0.2, 0.25) is 4.34 Å². The van der Waals surface area contributed by atoms with Gasteiger partial charge in [0.1, 0.15) is 12.7 Å². The number of thiophene rings is 1. The fourth-order valence-electron chi connectivity index (χ4n) is 5.50. The number of carbonyl (C=O) groups is 2. The van der Waals surface area contributed by atoms with E-state index in [1.54, 1.807) is 35.0 Å². The topological polar surface area (TPSA) is 122 Å². The Kier molecular flexibility index (Phi) is 9.52. The number of aliphatic hydroxyl groups excluding tert-OH is 1. The summed E-state index contributed by atoms with van der Waals surface area (Å²) in [5, 5.41) is 15.9. The third-order valence-electron chi connectivity index (χ3n) is 7.59. The van der Waals surface area contributed by atoms with Crippen LogP contribution in [0, 0.1) is 13.8 Å². The van der Waals surface area contributed by atoms with Crippen molar-refractivity contribution in [2.75, 3.05) is 31.1 Å². The summed E-state index contributed by atoms with van der Waals surface area (Å²) in [5.41, 5.74) is 2.73. The van der Waals surface area contributed by atoms with E-state index >= 15 is 0 Å². The lowest BCUT2D eigenvalue weighted by Gasteiger charge is -2.26. The molecule has 10 nitrogen and oxygen atoms in total. The number of anilines is 1. The predicted molar refractivity (Wildman–Crippen MR) is 163 cm³/mol. The minimum Gasteiger partial charge on any atom is -0.487 e. The highest BCUT2D eigenvalue weighted by Gasteiger charge is 2.33. The van der Waals surface area contributed by atoms with Gasteiger partial charge in [0.15, 0.2) is 5.75 Å². The van der Waals surface area contributed by atoms with E-state index in [4.69, 9.17) is 21.1 Å². The third-order valence-corrected chi connectivity index (χ3v) is 8.82. The number of cyclic esters (lactones) is 1. The Morgan fingerprint density at radius 3 is 2.57 bits per heavy atom. The first-order valence-electron chi connectivity index (χ1n) is 14.1. The second-order valence-electron chi connectivity index (χ2n) is 10.7. The monoisotopic (exact) mass is 614 g/mol. The molecule has 42 heavy (non-hydrogen) atoms. The van der Waals surface area contributed by atoms with Gasteiger partial charge in [-0.1, -0.05) is 11.6 Å². The number of pyridine rings is 1. The lowest BCUT2D eigenvalue weighted by atomic mass is 9.93. The van der Waals surface area contributed by atoms with Gasteiger partial charge in [0.05, 0.1) is 34.1 Å². The fraction of sp³-hybridized carbons (Fsp3) is 0.433. The van der Waals surface area contributed by atoms with Crippen molar-refractivity contribution < 1.29 is 24.2 Å². The largest absolute Gasteiger partial charge is 0.487 e. The zero-order valence-electron chi connectivity index (χ0n) is 23.6. The SMILES string of the molecule is Cc1cc(N2C[C@H](CNC(=O)c3ccc(Cl)s3)OC2=O)cc(C)c1-n1cccc(OCCN[C@H]2CC[C@H](O)CC2)c1=O. The number of amides is 2. The molecule has 1 saturated carbocycles. The van der Waals surface area contributed by atoms with Gasteiger partial charge in [-0.15, -0.1) is 11.3 Å². The van der Waals surface area contributed by atoms with Crippen LogP contribution in [-0.4, -0.2) is 66.2 Å². The van der Waals surface area contributed by atoms with Crippen LogP contribution in [0.15, 0.2) is 47.4 Å². The van der Waals surface area contributed by atoms with Gasteiger partial charge < -0.3 is 25.2 Å². The maximum atomic E-state index is 13.3. The molecule has 0 unspecified atom stereocenters. The number of hydrogen-bond donors (Lipinski definition) is 3. The van der Waals surface area contributed by atoms with Gasteiger partial charge in [-0.25, -0.2) is 4.79 Å². The minimum atomic E-state index is -0.507. The number of nitrogens with one attached hydrogen (secondary N) is 2. The molecule has 3 N–H and O–H groups in total. The van der Waals surface area contributed by atoms with Gasteiger partial charge >= 0.3 is 6.09 Å². The van der Waals surface area contributed by atoms with Gasteiger partial charge in [-0.3, -0.25) is 19.1 Å². The smallest absolute Gasteiger partial charge is 0.414 e. The predicted octanol–water partition coefficient (Wildman–Crippen LogP) is 4.20. The van der Waals surface area contributed by atoms with Crippen molar-refractivity contribution >= 4 is 40.6 Å². The highest BCUT2D eigenvalue weighted by molar-refractivity contribution is 7.18. The minimum absolute atomic E-state index is 0.175. The summed E-state index contributed by atoms with van der Waals surface area (Å²) in [7, 11) is 0. The highest BCUT2D eigenvalue weighted by Crippen LogP contribution is 2.29. The third kappa shape index (κ3) is 6.97. The van der Waals surface area contributed by atoms with Gasteiger partial charge in [-0.05, 0) is 87.1 Å². The molecule has 1 aliphatic heterocycles. The number of nitrogens with zero attached hydrogens (tertiary/aromatic N) is 2. The van der Waals surface area contributed by atoms with Crippen molar-refractivity contribution in [3.05, 3.63) is 73.3 Å². The second kappa shape index (κ2) is 13.3. The second-order valence-corrected chi connectivity index (χ2v) is 12.4. The maximum Gasteiger partial charge on any atom is 0.414 e. The molecule has 1 aromatic carbocycles. The van der Waals surface area contributed by atoms with Crippen molar-refractivity contribution in [2.45, 2.75) is 57.8 Å². The number of rotatable bonds is 10. The molecule has 1 saturated heterocycles. The van der Waals surface area contributed by atoms with Crippen molar-refractivity contribution in [3.8, 4) is 11.4 Å². The molecule has 3 heterocycles. The van der Waals surface area contributed by atoms with E-state index in [0.29, 0.717) is 34.1 Å². The van der Waals surface area contributed by atoms with Crippen LogP contribution in [0.3, 0.4) is 0 Å². The summed E-state index contributed by atoms with van der Waals surface area (Å²) in [6.07, 6.45) is 4.00. The first-order valence-corrected chi connectivity index (χ1v) is 15.3. The van der Waals surface area contributed by atoms with Crippen LogP contribution in [0.4, 0.5) is 10.5 Å². The lowest BCUT2D eigenvalue weighted by molar-refractivity contribution is 0.0920. The van der Waals surface area contributed by atoms with E-state index in [9.17, 15) is 19.5 Å². The molecule has 2 amide bonds. The molecule has 5 rings (SSSR count). The Bertz CT molecular complexity index is 1480. The summed E-state index contributed by atoms with van der Waals surface area (Å²) in [6, 6.07) is 10.8. The van der Waals surface area contributed by atoms with Crippen LogP contribution in [-0.2, 0) is 4.74 Å². The van der Waals surface area contributed by atoms with E-state index < -0.39 is 12.2 Å². The van der Waals surface area contributed by atoms with Crippen molar-refractivity contribution in [1.82, 2.24) is 15.2 Å². The molecule has 2 aromatic heterocycles. The summed E-state index contributed by atoms with van der Waals surface area (Å²) < 4.78 is 13.4. The van der Waals surface area contributed by atoms with E-state index in [1.165, 1.54) is 16.2 Å². The van der Waals surface area contributed by atoms with Crippen LogP contribution in [0.1, 0.15) is 46.5 Å². The standard InChI is InChI=1S/C30H35ClN4O6S/c1-18-14-21(35-17-23(41-30(35)39)16-33-28(37)25-9-10-26(31)42-25)15-19(2)27(18)34-12-3-4-24(29(34)38)40-13-11-32-20-5-7-22(36)8-6-20/h3-4,9-10,12,14-15,20,22-23,32,36H,5-8,11,13,16-17H2,1-2H3,(H,33,37)/t20-,22-,23-/m0/s1. The van der Waals surface area contributed by atoms with Gasteiger partial charge in [0.25, 0.3) is 11.5 Å². The van der Waals surface area contributed by atoms with Crippen LogP contribution >= 0.6 is 22.9 Å². The molecule has 0 bridgehead atoms. The van der Waals surface area contributed by atoms with Crippen molar-refractivity contribution in [3.63, 3.8) is 0 Å². The van der Waals surface area contributed by atoms with Crippen LogP contribution < -0.4 is 25.8 Å². The van der Waals surface area contributed by atoms with E-state index in [0.717, 1.165) is 42.5 Å². The molecular weight excluding hydrogens is 580 g/mol. The summed E-state index contributed by atoms with van der Waals surface area (Å²) in [4.78, 5) is 40.4. The molecule has 2 fully saturated rings. The normalized spacial score (nSPS) is 20.4. The number of ether oxygens (including phenoxy) is 2. The maximum absolute atomic E-state index is 13.3. The molecule has 0 radical (unpaired) electrons. The first kappa shape index (κ1) is 30.1. The molecule has 224 valence electrons. The Morgan fingerprint density at radius 1 is 1.14 bits per heavy atom. The molecule has 2 aliphatic rings. The first-order chi connectivity index (χ1) is 20.2. The van der Waals surface area contributed by atoms with E-state index in [-0.39, 0.29) is 36.4 Å². The van der Waals surface area contributed by atoms with E-state index in [2.05, 4.69) is 10.6 Å². The summed E-state index contributed by atoms with van der Waals surface area (Å²) in [6.45, 7) is 5.20. The quantitative estimate of drug-likeness (QED) is 0.293. The Labute approximate surface area is 253 Å². The number of hydrogen-bond acceptors (Lipinski definition) is 8. The van der Waals surface area contributed by atoms with Gasteiger partial charge in [0, 0.05) is 24.5 Å². The van der Waals surface area contributed by atoms with Crippen LogP contribution in [0.25, 0.3) is 5.69 Å².